The highest BCUT2D eigenvalue weighted by atomic mass is 16.5. The van der Waals surface area contributed by atoms with Gasteiger partial charge in [-0.15, -0.1) is 0 Å². The van der Waals surface area contributed by atoms with E-state index in [9.17, 15) is 0 Å². The summed E-state index contributed by atoms with van der Waals surface area (Å²) in [5.74, 6) is 7.72. The van der Waals surface area contributed by atoms with E-state index in [1.807, 2.05) is 20.8 Å². The maximum atomic E-state index is 5.80. The Hall–Kier alpha value is -1.36. The molecule has 108 valence electrons. The Labute approximate surface area is 115 Å². The summed E-state index contributed by atoms with van der Waals surface area (Å²) in [7, 11) is 0. The average Bonchev–Trinajstić information content (AvgIpc) is 2.29. The van der Waals surface area contributed by atoms with Crippen LogP contribution in [0.5, 0.6) is 5.88 Å². The van der Waals surface area contributed by atoms with Gasteiger partial charge in [0.25, 0.3) is 0 Å². The highest BCUT2D eigenvalue weighted by Crippen LogP contribution is 2.25. The van der Waals surface area contributed by atoms with Crippen molar-refractivity contribution in [3.63, 3.8) is 0 Å². The topological polar surface area (TPSA) is 73.1 Å². The van der Waals surface area contributed by atoms with Crippen molar-refractivity contribution >= 4 is 5.82 Å². The fraction of sp³-hybridized carbons (Fsp3) is 0.714. The third kappa shape index (κ3) is 4.67. The third-order valence-electron chi connectivity index (χ3n) is 2.86. The molecule has 0 bridgehead atoms. The second-order valence-corrected chi connectivity index (χ2v) is 6.32. The Bertz CT molecular complexity index is 424. The molecule has 0 saturated heterocycles. The second kappa shape index (κ2) is 6.19. The number of aromatic nitrogens is 2. The number of nitrogens with zero attached hydrogens (tertiary/aromatic N) is 2. The molecule has 0 aliphatic rings. The number of hydrazine groups is 1. The third-order valence-corrected chi connectivity index (χ3v) is 2.86. The summed E-state index contributed by atoms with van der Waals surface area (Å²) >= 11 is 0. The molecule has 0 atom stereocenters. The molecule has 0 amide bonds. The number of nitrogen functional groups attached to an aromatic ring is 1. The van der Waals surface area contributed by atoms with E-state index in [2.05, 4.69) is 36.2 Å². The van der Waals surface area contributed by atoms with Gasteiger partial charge in [0.2, 0.25) is 5.88 Å². The van der Waals surface area contributed by atoms with Crippen LogP contribution in [-0.4, -0.2) is 16.6 Å². The van der Waals surface area contributed by atoms with E-state index in [0.717, 1.165) is 17.8 Å². The lowest BCUT2D eigenvalue weighted by Crippen LogP contribution is -2.16. The van der Waals surface area contributed by atoms with Gasteiger partial charge < -0.3 is 10.2 Å². The van der Waals surface area contributed by atoms with E-state index >= 15 is 0 Å². The summed E-state index contributed by atoms with van der Waals surface area (Å²) in [4.78, 5) is 8.85. The number of nitrogens with two attached hydrogens (primary N) is 1. The zero-order valence-electron chi connectivity index (χ0n) is 12.9. The maximum absolute atomic E-state index is 5.80. The van der Waals surface area contributed by atoms with Gasteiger partial charge in [-0.1, -0.05) is 34.6 Å². The van der Waals surface area contributed by atoms with Crippen molar-refractivity contribution in [2.45, 2.75) is 53.9 Å². The molecule has 0 saturated carbocycles. The van der Waals surface area contributed by atoms with Gasteiger partial charge in [-0.05, 0) is 18.8 Å². The van der Waals surface area contributed by atoms with E-state index in [1.54, 1.807) is 0 Å². The molecular weight excluding hydrogens is 240 g/mol. The van der Waals surface area contributed by atoms with Gasteiger partial charge >= 0.3 is 0 Å². The molecule has 1 rings (SSSR count). The minimum Gasteiger partial charge on any atom is -0.477 e. The first-order valence-corrected chi connectivity index (χ1v) is 6.72. The van der Waals surface area contributed by atoms with Crippen LogP contribution in [0.2, 0.25) is 0 Å². The Balaban J connectivity index is 2.89. The molecule has 0 aliphatic heterocycles. The van der Waals surface area contributed by atoms with Crippen LogP contribution in [-0.2, 0) is 0 Å². The van der Waals surface area contributed by atoms with Crippen LogP contribution < -0.4 is 16.0 Å². The quantitative estimate of drug-likeness (QED) is 0.633. The van der Waals surface area contributed by atoms with Crippen molar-refractivity contribution in [3.05, 3.63) is 11.4 Å². The SMILES string of the molecule is Cc1c(NN)nc(C(C)C)nc1OCCC(C)(C)C. The number of nitrogens with one attached hydrogen (secondary N) is 1. The van der Waals surface area contributed by atoms with Crippen LogP contribution in [0.15, 0.2) is 0 Å². The molecule has 0 aromatic carbocycles. The Morgan fingerprint density at radius 3 is 2.37 bits per heavy atom. The largest absolute Gasteiger partial charge is 0.477 e. The van der Waals surface area contributed by atoms with Gasteiger partial charge in [-0.3, -0.25) is 0 Å². The molecule has 0 radical (unpaired) electrons. The first-order valence-electron chi connectivity index (χ1n) is 6.72. The lowest BCUT2D eigenvalue weighted by molar-refractivity contribution is 0.234. The minimum absolute atomic E-state index is 0.234. The van der Waals surface area contributed by atoms with Gasteiger partial charge in [0.1, 0.15) is 11.6 Å². The predicted octanol–water partition coefficient (Wildman–Crippen LogP) is 3.01. The Kier molecular flexibility index (Phi) is 5.11. The molecule has 0 unspecified atom stereocenters. The zero-order valence-corrected chi connectivity index (χ0v) is 12.9. The van der Waals surface area contributed by atoms with Crippen molar-refractivity contribution in [3.8, 4) is 5.88 Å². The van der Waals surface area contributed by atoms with E-state index in [4.69, 9.17) is 10.6 Å². The lowest BCUT2D eigenvalue weighted by Gasteiger charge is -2.19. The molecule has 1 aromatic rings. The first kappa shape index (κ1) is 15.7. The lowest BCUT2D eigenvalue weighted by atomic mass is 9.93. The van der Waals surface area contributed by atoms with Crippen LogP contribution in [0.3, 0.4) is 0 Å². The van der Waals surface area contributed by atoms with E-state index in [-0.39, 0.29) is 11.3 Å². The standard InChI is InChI=1S/C14H26N4O/c1-9(2)11-16-12(18-15)10(3)13(17-11)19-8-7-14(4,5)6/h9H,7-8,15H2,1-6H3,(H,16,17,18). The molecule has 0 fully saturated rings. The number of hydrogen-bond donors (Lipinski definition) is 2. The van der Waals surface area contributed by atoms with Crippen LogP contribution in [0, 0.1) is 12.3 Å². The van der Waals surface area contributed by atoms with Crippen molar-refractivity contribution in [2.75, 3.05) is 12.0 Å². The zero-order chi connectivity index (χ0) is 14.6. The summed E-state index contributed by atoms with van der Waals surface area (Å²) in [6.45, 7) is 13.2. The van der Waals surface area contributed by atoms with Crippen molar-refractivity contribution < 1.29 is 4.74 Å². The summed E-state index contributed by atoms with van der Waals surface area (Å²) in [5, 5.41) is 0. The average molecular weight is 266 g/mol. The summed E-state index contributed by atoms with van der Waals surface area (Å²) in [6.07, 6.45) is 0.971. The van der Waals surface area contributed by atoms with Crippen molar-refractivity contribution in [1.82, 2.24) is 9.97 Å². The smallest absolute Gasteiger partial charge is 0.221 e. The Morgan fingerprint density at radius 1 is 1.26 bits per heavy atom. The molecule has 0 spiro atoms. The van der Waals surface area contributed by atoms with Crippen molar-refractivity contribution in [1.29, 1.82) is 0 Å². The minimum atomic E-state index is 0.234. The monoisotopic (exact) mass is 266 g/mol. The van der Waals surface area contributed by atoms with Gasteiger partial charge in [-0.25, -0.2) is 10.8 Å². The van der Waals surface area contributed by atoms with Crippen LogP contribution in [0.4, 0.5) is 5.82 Å². The molecule has 1 heterocycles. The molecule has 5 heteroatoms. The summed E-state index contributed by atoms with van der Waals surface area (Å²) in [6, 6.07) is 0. The van der Waals surface area contributed by atoms with Gasteiger partial charge in [0, 0.05) is 5.92 Å². The van der Waals surface area contributed by atoms with E-state index in [0.29, 0.717) is 18.3 Å². The summed E-state index contributed by atoms with van der Waals surface area (Å²) in [5.41, 5.74) is 3.70. The van der Waals surface area contributed by atoms with Crippen molar-refractivity contribution in [2.24, 2.45) is 11.3 Å². The Morgan fingerprint density at radius 2 is 1.89 bits per heavy atom. The van der Waals surface area contributed by atoms with Crippen LogP contribution >= 0.6 is 0 Å². The molecular formula is C14H26N4O. The van der Waals surface area contributed by atoms with Crippen LogP contribution in [0.25, 0.3) is 0 Å². The van der Waals surface area contributed by atoms with Gasteiger partial charge in [0.05, 0.1) is 12.2 Å². The maximum Gasteiger partial charge on any atom is 0.221 e. The number of hydrogen-bond acceptors (Lipinski definition) is 5. The predicted molar refractivity (Wildman–Crippen MR) is 78.2 cm³/mol. The molecule has 1 aromatic heterocycles. The molecule has 3 N–H and O–H groups in total. The van der Waals surface area contributed by atoms with Gasteiger partial charge in [-0.2, -0.15) is 4.98 Å². The second-order valence-electron chi connectivity index (χ2n) is 6.32. The normalized spacial score (nSPS) is 11.8. The summed E-state index contributed by atoms with van der Waals surface area (Å²) < 4.78 is 5.80. The van der Waals surface area contributed by atoms with Gasteiger partial charge in [0.15, 0.2) is 0 Å². The molecule has 5 nitrogen and oxygen atoms in total. The number of rotatable bonds is 5. The fourth-order valence-corrected chi connectivity index (χ4v) is 1.51. The van der Waals surface area contributed by atoms with E-state index < -0.39 is 0 Å². The number of ether oxygens (including phenoxy) is 1. The fourth-order valence-electron chi connectivity index (χ4n) is 1.51. The highest BCUT2D eigenvalue weighted by molar-refractivity contribution is 5.47. The first-order chi connectivity index (χ1) is 8.74. The molecule has 0 aliphatic carbocycles. The van der Waals surface area contributed by atoms with E-state index in [1.165, 1.54) is 0 Å². The molecule has 19 heavy (non-hydrogen) atoms. The number of anilines is 1. The van der Waals surface area contributed by atoms with Crippen LogP contribution in [0.1, 0.15) is 58.3 Å². The highest BCUT2D eigenvalue weighted by Gasteiger charge is 2.15.